The third kappa shape index (κ3) is 2.38. The van der Waals surface area contributed by atoms with E-state index in [0.29, 0.717) is 13.0 Å². The number of rotatable bonds is 4. The van der Waals surface area contributed by atoms with Crippen molar-refractivity contribution in [1.29, 1.82) is 0 Å². The summed E-state index contributed by atoms with van der Waals surface area (Å²) in [4.78, 5) is 17.5. The zero-order chi connectivity index (χ0) is 16.0. The monoisotopic (exact) mass is 309 g/mol. The standard InChI is InChI=1S/C17H31N3O2/c1-4-22-14-12-17(18,16(14,2)3)15(21)20-10-8-19(9-11-20)13-6-5-7-13/h13-14H,4-12,18H2,1-3H3. The zero-order valence-electron chi connectivity index (χ0n) is 14.3. The highest BCUT2D eigenvalue weighted by atomic mass is 16.5. The molecule has 0 aromatic rings. The number of nitrogens with two attached hydrogens (primary N) is 1. The molecule has 0 spiro atoms. The lowest BCUT2D eigenvalue weighted by Gasteiger charge is -2.59. The molecule has 5 nitrogen and oxygen atoms in total. The molecule has 3 rings (SSSR count). The van der Waals surface area contributed by atoms with Crippen molar-refractivity contribution in [3.05, 3.63) is 0 Å². The summed E-state index contributed by atoms with van der Waals surface area (Å²) >= 11 is 0. The van der Waals surface area contributed by atoms with Crippen LogP contribution in [0, 0.1) is 5.41 Å². The van der Waals surface area contributed by atoms with E-state index in [9.17, 15) is 4.79 Å². The van der Waals surface area contributed by atoms with E-state index >= 15 is 0 Å². The van der Waals surface area contributed by atoms with Crippen LogP contribution in [-0.4, -0.2) is 66.2 Å². The lowest BCUT2D eigenvalue weighted by Crippen LogP contribution is -2.76. The number of hydrogen-bond donors (Lipinski definition) is 1. The van der Waals surface area contributed by atoms with E-state index in [1.54, 1.807) is 0 Å². The summed E-state index contributed by atoms with van der Waals surface area (Å²) in [5, 5.41) is 0. The Morgan fingerprint density at radius 3 is 2.32 bits per heavy atom. The van der Waals surface area contributed by atoms with Crippen molar-refractivity contribution in [3.8, 4) is 0 Å². The predicted molar refractivity (Wildman–Crippen MR) is 86.5 cm³/mol. The largest absolute Gasteiger partial charge is 0.378 e. The van der Waals surface area contributed by atoms with Crippen LogP contribution in [0.3, 0.4) is 0 Å². The second kappa shape index (κ2) is 5.77. The molecule has 1 aliphatic heterocycles. The molecule has 1 saturated heterocycles. The van der Waals surface area contributed by atoms with Gasteiger partial charge in [0.15, 0.2) is 0 Å². The van der Waals surface area contributed by atoms with Crippen LogP contribution < -0.4 is 5.73 Å². The highest BCUT2D eigenvalue weighted by molar-refractivity contribution is 5.89. The maximum atomic E-state index is 13.0. The molecule has 0 radical (unpaired) electrons. The Balaban J connectivity index is 1.58. The van der Waals surface area contributed by atoms with Crippen LogP contribution in [0.5, 0.6) is 0 Å². The summed E-state index contributed by atoms with van der Waals surface area (Å²) in [5.41, 5.74) is 5.48. The van der Waals surface area contributed by atoms with Gasteiger partial charge in [0.25, 0.3) is 0 Å². The van der Waals surface area contributed by atoms with Crippen LogP contribution in [-0.2, 0) is 9.53 Å². The quantitative estimate of drug-likeness (QED) is 0.848. The normalized spacial score (nSPS) is 35.8. The van der Waals surface area contributed by atoms with E-state index in [2.05, 4.69) is 18.7 Å². The minimum absolute atomic E-state index is 0.0997. The molecule has 2 atom stereocenters. The molecule has 5 heteroatoms. The van der Waals surface area contributed by atoms with Gasteiger partial charge in [0.05, 0.1) is 6.10 Å². The topological polar surface area (TPSA) is 58.8 Å². The molecule has 2 N–H and O–H groups in total. The van der Waals surface area contributed by atoms with Gasteiger partial charge in [-0.1, -0.05) is 20.3 Å². The number of amides is 1. The van der Waals surface area contributed by atoms with Gasteiger partial charge >= 0.3 is 0 Å². The highest BCUT2D eigenvalue weighted by Crippen LogP contribution is 2.50. The van der Waals surface area contributed by atoms with Crippen LogP contribution in [0.4, 0.5) is 0 Å². The van der Waals surface area contributed by atoms with Crippen molar-refractivity contribution in [2.45, 2.75) is 64.1 Å². The Kier molecular flexibility index (Phi) is 4.25. The van der Waals surface area contributed by atoms with Gasteiger partial charge in [-0.2, -0.15) is 0 Å². The fourth-order valence-corrected chi connectivity index (χ4v) is 4.12. The van der Waals surface area contributed by atoms with Crippen LogP contribution in [0.2, 0.25) is 0 Å². The fourth-order valence-electron chi connectivity index (χ4n) is 4.12. The van der Waals surface area contributed by atoms with Crippen LogP contribution >= 0.6 is 0 Å². The summed E-state index contributed by atoms with van der Waals surface area (Å²) in [5.74, 6) is 0.127. The summed E-state index contributed by atoms with van der Waals surface area (Å²) in [6.45, 7) is 10.5. The second-order valence-electron chi connectivity index (χ2n) is 7.75. The summed E-state index contributed by atoms with van der Waals surface area (Å²) in [6, 6.07) is 0.770. The molecule has 22 heavy (non-hydrogen) atoms. The van der Waals surface area contributed by atoms with Crippen molar-refractivity contribution in [3.63, 3.8) is 0 Å². The van der Waals surface area contributed by atoms with Gasteiger partial charge in [-0.3, -0.25) is 9.69 Å². The van der Waals surface area contributed by atoms with Gasteiger partial charge in [-0.05, 0) is 19.8 Å². The molecule has 3 aliphatic rings. The molecule has 0 aromatic heterocycles. The first-order chi connectivity index (χ1) is 10.4. The maximum Gasteiger partial charge on any atom is 0.243 e. The zero-order valence-corrected chi connectivity index (χ0v) is 14.3. The molecule has 1 amide bonds. The number of nitrogens with zero attached hydrogens (tertiary/aromatic N) is 2. The smallest absolute Gasteiger partial charge is 0.243 e. The number of carbonyl (C=O) groups is 1. The van der Waals surface area contributed by atoms with Crippen molar-refractivity contribution in [2.24, 2.45) is 11.1 Å². The number of piperazine rings is 1. The van der Waals surface area contributed by atoms with E-state index in [-0.39, 0.29) is 17.4 Å². The molecule has 2 saturated carbocycles. The molecule has 2 unspecified atom stereocenters. The average Bonchev–Trinajstić information content (AvgIpc) is 2.45. The molecule has 0 bridgehead atoms. The lowest BCUT2D eigenvalue weighted by molar-refractivity contribution is -0.180. The highest BCUT2D eigenvalue weighted by Gasteiger charge is 2.63. The molecular weight excluding hydrogens is 278 g/mol. The van der Waals surface area contributed by atoms with Gasteiger partial charge in [-0.15, -0.1) is 0 Å². The Morgan fingerprint density at radius 1 is 1.23 bits per heavy atom. The molecule has 0 aromatic carbocycles. The first kappa shape index (κ1) is 16.2. The van der Waals surface area contributed by atoms with Gasteiger partial charge in [-0.25, -0.2) is 0 Å². The Hall–Kier alpha value is -0.650. The number of ether oxygens (including phenoxy) is 1. The summed E-state index contributed by atoms with van der Waals surface area (Å²) in [7, 11) is 0. The first-order valence-corrected chi connectivity index (χ1v) is 8.84. The van der Waals surface area contributed by atoms with Gasteiger partial charge in [0.1, 0.15) is 5.54 Å². The Morgan fingerprint density at radius 2 is 1.86 bits per heavy atom. The lowest BCUT2D eigenvalue weighted by atomic mass is 9.54. The van der Waals surface area contributed by atoms with Gasteiger partial charge in [0.2, 0.25) is 5.91 Å². The predicted octanol–water partition coefficient (Wildman–Crippen LogP) is 1.22. The molecule has 2 aliphatic carbocycles. The van der Waals surface area contributed by atoms with E-state index in [0.717, 1.165) is 32.2 Å². The fraction of sp³-hybridized carbons (Fsp3) is 0.941. The summed E-state index contributed by atoms with van der Waals surface area (Å²) in [6.07, 6.45) is 4.77. The van der Waals surface area contributed by atoms with Crippen molar-refractivity contribution in [2.75, 3.05) is 32.8 Å². The minimum atomic E-state index is -0.758. The maximum absolute atomic E-state index is 13.0. The molecular formula is C17H31N3O2. The van der Waals surface area contributed by atoms with Gasteiger partial charge < -0.3 is 15.4 Å². The van der Waals surface area contributed by atoms with Crippen molar-refractivity contribution < 1.29 is 9.53 Å². The Labute approximate surface area is 134 Å². The van der Waals surface area contributed by atoms with E-state index in [1.807, 2.05) is 11.8 Å². The third-order valence-corrected chi connectivity index (χ3v) is 6.40. The van der Waals surface area contributed by atoms with Gasteiger partial charge in [0, 0.05) is 50.7 Å². The average molecular weight is 309 g/mol. The van der Waals surface area contributed by atoms with Crippen LogP contribution in [0.1, 0.15) is 46.5 Å². The van der Waals surface area contributed by atoms with Crippen LogP contribution in [0.15, 0.2) is 0 Å². The Bertz CT molecular complexity index is 428. The molecule has 3 fully saturated rings. The van der Waals surface area contributed by atoms with E-state index in [4.69, 9.17) is 10.5 Å². The molecule has 1 heterocycles. The minimum Gasteiger partial charge on any atom is -0.378 e. The molecule has 126 valence electrons. The summed E-state index contributed by atoms with van der Waals surface area (Å²) < 4.78 is 5.74. The SMILES string of the molecule is CCOC1CC(N)(C(=O)N2CCN(C3CCC3)CC2)C1(C)C. The number of carbonyl (C=O) groups excluding carboxylic acids is 1. The first-order valence-electron chi connectivity index (χ1n) is 8.84. The van der Waals surface area contributed by atoms with Crippen molar-refractivity contribution >= 4 is 5.91 Å². The van der Waals surface area contributed by atoms with E-state index in [1.165, 1.54) is 19.3 Å². The van der Waals surface area contributed by atoms with E-state index < -0.39 is 5.54 Å². The number of hydrogen-bond acceptors (Lipinski definition) is 4. The van der Waals surface area contributed by atoms with Crippen LogP contribution in [0.25, 0.3) is 0 Å². The third-order valence-electron chi connectivity index (χ3n) is 6.40. The van der Waals surface area contributed by atoms with Crippen molar-refractivity contribution in [1.82, 2.24) is 9.80 Å². The second-order valence-corrected chi connectivity index (χ2v) is 7.75.